The number of hydrazine groups is 1. The number of hydrogen-bond acceptors (Lipinski definition) is 6. The van der Waals surface area contributed by atoms with Gasteiger partial charge in [-0.25, -0.2) is 5.43 Å². The highest BCUT2D eigenvalue weighted by molar-refractivity contribution is 6.30. The van der Waals surface area contributed by atoms with Crippen molar-refractivity contribution in [3.8, 4) is 0 Å². The molecule has 2 aromatic carbocycles. The zero-order valence-electron chi connectivity index (χ0n) is 18.9. The summed E-state index contributed by atoms with van der Waals surface area (Å²) in [4.78, 5) is 30.0. The number of carbonyl (C=O) groups is 2. The fourth-order valence-electron chi connectivity index (χ4n) is 3.64. The third kappa shape index (κ3) is 7.26. The molecule has 2 atom stereocenters. The summed E-state index contributed by atoms with van der Waals surface area (Å²) in [6.07, 6.45) is 1.78. The van der Waals surface area contributed by atoms with E-state index in [0.717, 1.165) is 23.2 Å². The Labute approximate surface area is 204 Å². The first-order valence-corrected chi connectivity index (χ1v) is 11.7. The normalized spacial score (nSPS) is 16.6. The van der Waals surface area contributed by atoms with Crippen molar-refractivity contribution < 1.29 is 14.7 Å². The van der Waals surface area contributed by atoms with Crippen molar-refractivity contribution in [2.45, 2.75) is 38.0 Å². The lowest BCUT2D eigenvalue weighted by Crippen LogP contribution is -2.53. The number of aliphatic hydroxyl groups excluding tert-OH is 1. The number of aliphatic imine (C=N–C) groups is 1. The fourth-order valence-corrected chi connectivity index (χ4v) is 3.83. The predicted molar refractivity (Wildman–Crippen MR) is 133 cm³/mol. The SMILES string of the molecule is NCCCN=CNc1ccc(Cl)cc1CNC(=O)[C@@H]1CCNN1C(=O)[C@H](O)Cc1ccccc1. The van der Waals surface area contributed by atoms with E-state index >= 15 is 0 Å². The Morgan fingerprint density at radius 2 is 2.09 bits per heavy atom. The van der Waals surface area contributed by atoms with E-state index in [1.54, 1.807) is 18.5 Å². The molecule has 0 bridgehead atoms. The molecule has 0 unspecified atom stereocenters. The summed E-state index contributed by atoms with van der Waals surface area (Å²) in [6.45, 7) is 1.88. The van der Waals surface area contributed by atoms with Crippen LogP contribution >= 0.6 is 11.6 Å². The first-order chi connectivity index (χ1) is 16.5. The van der Waals surface area contributed by atoms with Gasteiger partial charge in [-0.15, -0.1) is 0 Å². The summed E-state index contributed by atoms with van der Waals surface area (Å²) in [5.74, 6) is -0.840. The van der Waals surface area contributed by atoms with Crippen LogP contribution in [0.3, 0.4) is 0 Å². The first-order valence-electron chi connectivity index (χ1n) is 11.3. The maximum Gasteiger partial charge on any atom is 0.266 e. The number of nitrogens with two attached hydrogens (primary N) is 1. The molecule has 0 radical (unpaired) electrons. The van der Waals surface area contributed by atoms with E-state index in [-0.39, 0.29) is 18.9 Å². The molecule has 9 nitrogen and oxygen atoms in total. The molecule has 2 amide bonds. The van der Waals surface area contributed by atoms with Crippen molar-refractivity contribution >= 4 is 35.4 Å². The molecule has 0 aromatic heterocycles. The summed E-state index contributed by atoms with van der Waals surface area (Å²) in [6, 6.07) is 13.9. The van der Waals surface area contributed by atoms with Gasteiger partial charge >= 0.3 is 0 Å². The lowest BCUT2D eigenvalue weighted by Gasteiger charge is -2.26. The van der Waals surface area contributed by atoms with Gasteiger partial charge < -0.3 is 21.5 Å². The second-order valence-electron chi connectivity index (χ2n) is 7.97. The van der Waals surface area contributed by atoms with Gasteiger partial charge in [-0.3, -0.25) is 19.6 Å². The van der Waals surface area contributed by atoms with E-state index in [2.05, 4.69) is 21.1 Å². The van der Waals surface area contributed by atoms with Gasteiger partial charge in [0.05, 0.1) is 6.34 Å². The highest BCUT2D eigenvalue weighted by atomic mass is 35.5. The quantitative estimate of drug-likeness (QED) is 0.185. The predicted octanol–water partition coefficient (Wildman–Crippen LogP) is 1.45. The summed E-state index contributed by atoms with van der Waals surface area (Å²) >= 11 is 6.15. The zero-order valence-corrected chi connectivity index (χ0v) is 19.7. The fraction of sp³-hybridized carbons (Fsp3) is 0.375. The number of amides is 2. The number of nitrogens with zero attached hydrogens (tertiary/aromatic N) is 2. The molecular weight excluding hydrogens is 456 g/mol. The van der Waals surface area contributed by atoms with Crippen LogP contribution < -0.4 is 21.8 Å². The summed E-state index contributed by atoms with van der Waals surface area (Å²) in [7, 11) is 0. The lowest BCUT2D eigenvalue weighted by molar-refractivity contribution is -0.148. The maximum atomic E-state index is 12.9. The Morgan fingerprint density at radius 3 is 2.85 bits per heavy atom. The van der Waals surface area contributed by atoms with Gasteiger partial charge in [-0.2, -0.15) is 0 Å². The number of anilines is 1. The standard InChI is InChI=1S/C24H31ClN6O3/c25-19-7-8-20(29-16-27-11-4-10-26)18(14-19)15-28-23(33)21-9-12-30-31(21)24(34)22(32)13-17-5-2-1-3-6-17/h1-3,5-8,14,16,21-22,30,32H,4,9-13,15,26H2,(H,27,29)(H,28,33)/t21-,22+/m0/s1. The summed E-state index contributed by atoms with van der Waals surface area (Å²) in [5, 5.41) is 18.2. The van der Waals surface area contributed by atoms with Gasteiger partial charge in [0.1, 0.15) is 12.1 Å². The molecule has 182 valence electrons. The van der Waals surface area contributed by atoms with Crippen LogP contribution in [-0.2, 0) is 22.6 Å². The number of halogens is 1. The number of benzene rings is 2. The van der Waals surface area contributed by atoms with Gasteiger partial charge in [0.25, 0.3) is 5.91 Å². The minimum absolute atomic E-state index is 0.177. The molecule has 0 saturated carbocycles. The van der Waals surface area contributed by atoms with Crippen LogP contribution in [0.25, 0.3) is 0 Å². The van der Waals surface area contributed by atoms with E-state index in [4.69, 9.17) is 17.3 Å². The number of nitrogens with one attached hydrogen (secondary N) is 3. The Bertz CT molecular complexity index is 988. The van der Waals surface area contributed by atoms with Gasteiger partial charge in [0.15, 0.2) is 0 Å². The van der Waals surface area contributed by atoms with Crippen LogP contribution in [-0.4, -0.2) is 60.0 Å². The van der Waals surface area contributed by atoms with Crippen molar-refractivity contribution in [1.29, 1.82) is 0 Å². The average molecular weight is 487 g/mol. The van der Waals surface area contributed by atoms with Crippen LogP contribution in [0.2, 0.25) is 5.02 Å². The maximum absolute atomic E-state index is 12.9. The Balaban J connectivity index is 1.59. The first kappa shape index (κ1) is 25.6. The van der Waals surface area contributed by atoms with Gasteiger partial charge in [0, 0.05) is 36.8 Å². The molecule has 1 fully saturated rings. The lowest BCUT2D eigenvalue weighted by atomic mass is 10.1. The van der Waals surface area contributed by atoms with E-state index in [0.29, 0.717) is 31.1 Å². The Hall–Kier alpha value is -2.98. The molecule has 1 aliphatic rings. The Kier molecular flexibility index (Phi) is 9.84. The van der Waals surface area contributed by atoms with Crippen LogP contribution in [0.5, 0.6) is 0 Å². The van der Waals surface area contributed by atoms with E-state index in [1.807, 2.05) is 36.4 Å². The number of rotatable bonds is 11. The molecule has 1 saturated heterocycles. The Morgan fingerprint density at radius 1 is 1.29 bits per heavy atom. The number of carbonyl (C=O) groups excluding carboxylic acids is 2. The monoisotopic (exact) mass is 486 g/mol. The third-order valence-electron chi connectivity index (χ3n) is 5.43. The highest BCUT2D eigenvalue weighted by Crippen LogP contribution is 2.21. The van der Waals surface area contributed by atoms with Gasteiger partial charge in [-0.05, 0) is 48.7 Å². The third-order valence-corrected chi connectivity index (χ3v) is 5.67. The number of aliphatic hydroxyl groups is 1. The van der Waals surface area contributed by atoms with E-state index in [1.165, 1.54) is 5.01 Å². The largest absolute Gasteiger partial charge is 0.383 e. The molecule has 2 aromatic rings. The van der Waals surface area contributed by atoms with E-state index < -0.39 is 18.1 Å². The summed E-state index contributed by atoms with van der Waals surface area (Å²) in [5.41, 5.74) is 10.8. The minimum Gasteiger partial charge on any atom is -0.383 e. The van der Waals surface area contributed by atoms with E-state index in [9.17, 15) is 14.7 Å². The molecule has 0 aliphatic carbocycles. The molecule has 6 N–H and O–H groups in total. The topological polar surface area (TPSA) is 132 Å². The zero-order chi connectivity index (χ0) is 24.3. The molecule has 3 rings (SSSR count). The summed E-state index contributed by atoms with van der Waals surface area (Å²) < 4.78 is 0. The molecule has 1 heterocycles. The molecule has 0 spiro atoms. The van der Waals surface area contributed by atoms with Crippen molar-refractivity contribution in [2.75, 3.05) is 25.0 Å². The van der Waals surface area contributed by atoms with Crippen molar-refractivity contribution in [3.05, 3.63) is 64.7 Å². The van der Waals surface area contributed by atoms with Crippen molar-refractivity contribution in [2.24, 2.45) is 10.7 Å². The molecule has 10 heteroatoms. The van der Waals surface area contributed by atoms with Crippen LogP contribution in [0, 0.1) is 0 Å². The average Bonchev–Trinajstić information content (AvgIpc) is 3.33. The second kappa shape index (κ2) is 13.0. The van der Waals surface area contributed by atoms with Crippen molar-refractivity contribution in [3.63, 3.8) is 0 Å². The molecule has 1 aliphatic heterocycles. The molecular formula is C24H31ClN6O3. The number of hydrogen-bond donors (Lipinski definition) is 5. The molecule has 34 heavy (non-hydrogen) atoms. The van der Waals surface area contributed by atoms with Crippen LogP contribution in [0.1, 0.15) is 24.0 Å². The van der Waals surface area contributed by atoms with Crippen LogP contribution in [0.4, 0.5) is 5.69 Å². The minimum atomic E-state index is -1.24. The van der Waals surface area contributed by atoms with Gasteiger partial charge in [-0.1, -0.05) is 41.9 Å². The van der Waals surface area contributed by atoms with Crippen LogP contribution in [0.15, 0.2) is 53.5 Å². The van der Waals surface area contributed by atoms with Crippen molar-refractivity contribution in [1.82, 2.24) is 15.8 Å². The second-order valence-corrected chi connectivity index (χ2v) is 8.40. The smallest absolute Gasteiger partial charge is 0.266 e. The van der Waals surface area contributed by atoms with Gasteiger partial charge in [0.2, 0.25) is 5.91 Å². The highest BCUT2D eigenvalue weighted by Gasteiger charge is 2.36.